The second-order valence-electron chi connectivity index (χ2n) is 3.15. The molecular formula is C12H16O. The van der Waals surface area contributed by atoms with Crippen LogP contribution in [0, 0.1) is 0 Å². The van der Waals surface area contributed by atoms with Crippen molar-refractivity contribution in [3.8, 4) is 5.75 Å². The van der Waals surface area contributed by atoms with Crippen molar-refractivity contribution in [2.75, 3.05) is 0 Å². The third-order valence-electron chi connectivity index (χ3n) is 2.30. The maximum Gasteiger partial charge on any atom is 0.118 e. The molecule has 0 aliphatic carbocycles. The molecule has 1 N–H and O–H groups in total. The van der Waals surface area contributed by atoms with Gasteiger partial charge in [0, 0.05) is 0 Å². The highest BCUT2D eigenvalue weighted by Gasteiger charge is 2.01. The van der Waals surface area contributed by atoms with Gasteiger partial charge in [-0.15, -0.1) is 0 Å². The summed E-state index contributed by atoms with van der Waals surface area (Å²) < 4.78 is 0. The Balaban J connectivity index is 3.06. The van der Waals surface area contributed by atoms with E-state index in [2.05, 4.69) is 13.5 Å². The van der Waals surface area contributed by atoms with E-state index in [0.717, 1.165) is 29.5 Å². The molecule has 0 aliphatic heterocycles. The van der Waals surface area contributed by atoms with Gasteiger partial charge in [0.15, 0.2) is 0 Å². The molecule has 0 unspecified atom stereocenters. The van der Waals surface area contributed by atoms with Crippen LogP contribution in [0.15, 0.2) is 24.8 Å². The van der Waals surface area contributed by atoms with Crippen molar-refractivity contribution in [1.82, 2.24) is 0 Å². The van der Waals surface area contributed by atoms with Gasteiger partial charge in [0.25, 0.3) is 0 Å². The highest BCUT2D eigenvalue weighted by atomic mass is 16.3. The van der Waals surface area contributed by atoms with Crippen LogP contribution >= 0.6 is 0 Å². The molecule has 0 aliphatic rings. The number of phenolic OH excluding ortho intramolecular Hbond substituents is 1. The Morgan fingerprint density at radius 2 is 2.08 bits per heavy atom. The predicted molar refractivity (Wildman–Crippen MR) is 56.8 cm³/mol. The Kier molecular flexibility index (Phi) is 3.13. The van der Waals surface area contributed by atoms with Crippen molar-refractivity contribution < 1.29 is 5.11 Å². The van der Waals surface area contributed by atoms with Crippen molar-refractivity contribution >= 4 is 5.57 Å². The highest BCUT2D eigenvalue weighted by Crippen LogP contribution is 2.23. The number of phenols is 1. The molecule has 70 valence electrons. The molecule has 1 aromatic carbocycles. The normalized spacial score (nSPS) is 10.0. The number of aryl methyl sites for hydroxylation is 1. The minimum absolute atomic E-state index is 0.384. The van der Waals surface area contributed by atoms with E-state index in [4.69, 9.17) is 0 Å². The maximum absolute atomic E-state index is 9.46. The second-order valence-corrected chi connectivity index (χ2v) is 3.15. The van der Waals surface area contributed by atoms with Crippen LogP contribution in [-0.2, 0) is 6.42 Å². The van der Waals surface area contributed by atoms with E-state index in [1.807, 2.05) is 19.1 Å². The Labute approximate surface area is 79.7 Å². The number of hydrogen-bond acceptors (Lipinski definition) is 1. The first-order valence-corrected chi connectivity index (χ1v) is 4.69. The Morgan fingerprint density at radius 1 is 1.38 bits per heavy atom. The SMILES string of the molecule is C=C(CC)c1ccc(O)c(CC)c1. The van der Waals surface area contributed by atoms with Gasteiger partial charge in [0.1, 0.15) is 5.75 Å². The fourth-order valence-corrected chi connectivity index (χ4v) is 1.29. The van der Waals surface area contributed by atoms with Gasteiger partial charge in [-0.3, -0.25) is 0 Å². The van der Waals surface area contributed by atoms with Gasteiger partial charge in [0.05, 0.1) is 0 Å². The fourth-order valence-electron chi connectivity index (χ4n) is 1.29. The highest BCUT2D eigenvalue weighted by molar-refractivity contribution is 5.64. The molecule has 0 atom stereocenters. The standard InChI is InChI=1S/C12H16O/c1-4-9(3)11-6-7-12(13)10(5-2)8-11/h6-8,13H,3-5H2,1-2H3. The summed E-state index contributed by atoms with van der Waals surface area (Å²) in [5, 5.41) is 9.46. The molecule has 0 aromatic heterocycles. The third-order valence-corrected chi connectivity index (χ3v) is 2.30. The molecule has 0 saturated carbocycles. The summed E-state index contributed by atoms with van der Waals surface area (Å²) in [6.07, 6.45) is 1.81. The lowest BCUT2D eigenvalue weighted by atomic mass is 10.0. The van der Waals surface area contributed by atoms with E-state index in [9.17, 15) is 5.11 Å². The number of aromatic hydroxyl groups is 1. The van der Waals surface area contributed by atoms with Crippen LogP contribution < -0.4 is 0 Å². The van der Waals surface area contributed by atoms with E-state index < -0.39 is 0 Å². The van der Waals surface area contributed by atoms with Gasteiger partial charge in [-0.1, -0.05) is 26.5 Å². The van der Waals surface area contributed by atoms with Crippen LogP contribution in [-0.4, -0.2) is 5.11 Å². The molecular weight excluding hydrogens is 160 g/mol. The van der Waals surface area contributed by atoms with Crippen molar-refractivity contribution in [3.63, 3.8) is 0 Å². The van der Waals surface area contributed by atoms with Crippen molar-refractivity contribution in [1.29, 1.82) is 0 Å². The molecule has 0 amide bonds. The largest absolute Gasteiger partial charge is 0.508 e. The summed E-state index contributed by atoms with van der Waals surface area (Å²) in [5.74, 6) is 0.384. The molecule has 0 heterocycles. The number of allylic oxidation sites excluding steroid dienone is 1. The van der Waals surface area contributed by atoms with Gasteiger partial charge in [-0.05, 0) is 41.7 Å². The van der Waals surface area contributed by atoms with E-state index >= 15 is 0 Å². The molecule has 0 spiro atoms. The summed E-state index contributed by atoms with van der Waals surface area (Å²) >= 11 is 0. The second kappa shape index (κ2) is 4.13. The van der Waals surface area contributed by atoms with Gasteiger partial charge in [0.2, 0.25) is 0 Å². The molecule has 0 saturated heterocycles. The lowest BCUT2D eigenvalue weighted by molar-refractivity contribution is 0.469. The summed E-state index contributed by atoms with van der Waals surface area (Å²) in [7, 11) is 0. The monoisotopic (exact) mass is 176 g/mol. The zero-order chi connectivity index (χ0) is 9.84. The average Bonchev–Trinajstić information content (AvgIpc) is 2.17. The van der Waals surface area contributed by atoms with Crippen molar-refractivity contribution in [3.05, 3.63) is 35.9 Å². The molecule has 13 heavy (non-hydrogen) atoms. The number of hydrogen-bond donors (Lipinski definition) is 1. The molecule has 1 nitrogen and oxygen atoms in total. The van der Waals surface area contributed by atoms with Crippen LogP contribution in [0.2, 0.25) is 0 Å². The average molecular weight is 176 g/mol. The molecule has 0 radical (unpaired) electrons. The zero-order valence-corrected chi connectivity index (χ0v) is 8.30. The lowest BCUT2D eigenvalue weighted by Crippen LogP contribution is -1.86. The quantitative estimate of drug-likeness (QED) is 0.748. The van der Waals surface area contributed by atoms with Crippen LogP contribution in [0.3, 0.4) is 0 Å². The summed E-state index contributed by atoms with van der Waals surface area (Å²) in [5.41, 5.74) is 3.25. The molecule has 0 fully saturated rings. The van der Waals surface area contributed by atoms with E-state index in [-0.39, 0.29) is 0 Å². The first-order valence-electron chi connectivity index (χ1n) is 4.69. The number of benzene rings is 1. The van der Waals surface area contributed by atoms with Gasteiger partial charge in [-0.2, -0.15) is 0 Å². The Morgan fingerprint density at radius 3 is 2.62 bits per heavy atom. The Bertz CT molecular complexity index is 313. The van der Waals surface area contributed by atoms with Gasteiger partial charge < -0.3 is 5.11 Å². The maximum atomic E-state index is 9.46. The lowest BCUT2D eigenvalue weighted by Gasteiger charge is -2.06. The Hall–Kier alpha value is -1.24. The summed E-state index contributed by atoms with van der Waals surface area (Å²) in [6.45, 7) is 8.09. The smallest absolute Gasteiger partial charge is 0.118 e. The molecule has 1 heteroatoms. The third kappa shape index (κ3) is 2.11. The number of rotatable bonds is 3. The van der Waals surface area contributed by atoms with Gasteiger partial charge in [-0.25, -0.2) is 0 Å². The minimum atomic E-state index is 0.384. The van der Waals surface area contributed by atoms with Crippen LogP contribution in [0.5, 0.6) is 5.75 Å². The van der Waals surface area contributed by atoms with Crippen LogP contribution in [0.4, 0.5) is 0 Å². The first kappa shape index (κ1) is 9.85. The van der Waals surface area contributed by atoms with E-state index in [1.54, 1.807) is 6.07 Å². The topological polar surface area (TPSA) is 20.2 Å². The first-order chi connectivity index (χ1) is 6.19. The molecule has 1 rings (SSSR count). The van der Waals surface area contributed by atoms with Crippen molar-refractivity contribution in [2.45, 2.75) is 26.7 Å². The van der Waals surface area contributed by atoms with Crippen LogP contribution in [0.1, 0.15) is 31.4 Å². The summed E-state index contributed by atoms with van der Waals surface area (Å²) in [4.78, 5) is 0. The van der Waals surface area contributed by atoms with Crippen LogP contribution in [0.25, 0.3) is 5.57 Å². The van der Waals surface area contributed by atoms with E-state index in [1.165, 1.54) is 0 Å². The molecule has 0 bridgehead atoms. The molecule has 1 aromatic rings. The predicted octanol–water partition coefficient (Wildman–Crippen LogP) is 3.38. The fraction of sp³-hybridized carbons (Fsp3) is 0.333. The zero-order valence-electron chi connectivity index (χ0n) is 8.30. The van der Waals surface area contributed by atoms with Gasteiger partial charge >= 0.3 is 0 Å². The minimum Gasteiger partial charge on any atom is -0.508 e. The van der Waals surface area contributed by atoms with Crippen molar-refractivity contribution in [2.24, 2.45) is 0 Å². The van der Waals surface area contributed by atoms with E-state index in [0.29, 0.717) is 5.75 Å². The summed E-state index contributed by atoms with van der Waals surface area (Å²) in [6, 6.07) is 5.68.